The highest BCUT2D eigenvalue weighted by Crippen LogP contribution is 2.39. The first kappa shape index (κ1) is 17.8. The Bertz CT molecular complexity index is 857. The summed E-state index contributed by atoms with van der Waals surface area (Å²) in [6, 6.07) is 9.68. The van der Waals surface area contributed by atoms with Crippen molar-refractivity contribution in [2.24, 2.45) is 0 Å². The molecule has 1 saturated heterocycles. The third-order valence-electron chi connectivity index (χ3n) is 4.33. The number of ketones is 1. The van der Waals surface area contributed by atoms with Gasteiger partial charge >= 0.3 is 0 Å². The Balaban J connectivity index is 2.17. The largest absolute Gasteiger partial charge is 0.507 e. The minimum absolute atomic E-state index is 0.00695. The molecule has 1 aliphatic heterocycles. The number of rotatable bonds is 4. The maximum atomic E-state index is 12.7. The van der Waals surface area contributed by atoms with Crippen LogP contribution in [0.2, 0.25) is 0 Å². The van der Waals surface area contributed by atoms with Gasteiger partial charge in [-0.1, -0.05) is 35.9 Å². The fraction of sp³-hybridized carbons (Fsp3) is 0.250. The zero-order chi connectivity index (χ0) is 18.8. The number of benzene rings is 1. The highest BCUT2D eigenvalue weighted by molar-refractivity contribution is 6.46. The quantitative estimate of drug-likeness (QED) is 0.500. The normalized spacial score (nSPS) is 20.4. The Labute approximate surface area is 151 Å². The Morgan fingerprint density at radius 3 is 2.50 bits per heavy atom. The van der Waals surface area contributed by atoms with Crippen LogP contribution in [-0.2, 0) is 9.59 Å². The van der Waals surface area contributed by atoms with E-state index in [2.05, 4.69) is 4.98 Å². The van der Waals surface area contributed by atoms with Crippen LogP contribution in [0.15, 0.2) is 54.4 Å². The Morgan fingerprint density at radius 1 is 1.23 bits per heavy atom. The molecule has 0 spiro atoms. The number of β-amino-alcohol motifs (C(OH)–C–C–N with tert-alkyl or cyclic N) is 1. The van der Waals surface area contributed by atoms with Crippen LogP contribution in [0.1, 0.15) is 29.7 Å². The molecule has 2 N–H and O–H groups in total. The standard InChI is InChI=1S/C20H20N2O4/c1-12-5-7-14(8-6-12)18(24)16-17(15-4-3-9-21-10-15)22(11-13(2)23)20(26)19(16)25/h3-10,13,17,23-24H,11H2,1-2H3/t13-,17+/m1/s1. The van der Waals surface area contributed by atoms with Crippen molar-refractivity contribution in [2.45, 2.75) is 26.0 Å². The van der Waals surface area contributed by atoms with Crippen LogP contribution in [0.3, 0.4) is 0 Å². The van der Waals surface area contributed by atoms with Crippen molar-refractivity contribution in [1.82, 2.24) is 9.88 Å². The van der Waals surface area contributed by atoms with E-state index in [0.29, 0.717) is 11.1 Å². The number of likely N-dealkylation sites (tertiary alicyclic amines) is 1. The average molecular weight is 352 g/mol. The molecule has 0 saturated carbocycles. The number of carbonyl (C=O) groups is 2. The summed E-state index contributed by atoms with van der Waals surface area (Å²) in [6.45, 7) is 3.44. The first-order valence-electron chi connectivity index (χ1n) is 8.33. The van der Waals surface area contributed by atoms with E-state index in [1.807, 2.05) is 19.1 Å². The van der Waals surface area contributed by atoms with Gasteiger partial charge in [-0.25, -0.2) is 0 Å². The molecule has 1 aliphatic rings. The molecule has 2 atom stereocenters. The van der Waals surface area contributed by atoms with Gasteiger partial charge in [0, 0.05) is 24.5 Å². The van der Waals surface area contributed by atoms with E-state index in [0.717, 1.165) is 5.56 Å². The molecule has 3 rings (SSSR count). The second-order valence-electron chi connectivity index (χ2n) is 6.45. The Hall–Kier alpha value is -2.99. The van der Waals surface area contributed by atoms with Crippen molar-refractivity contribution in [3.05, 3.63) is 71.1 Å². The number of aliphatic hydroxyl groups is 2. The van der Waals surface area contributed by atoms with Crippen molar-refractivity contribution in [3.63, 3.8) is 0 Å². The number of carbonyl (C=O) groups excluding carboxylic acids is 2. The lowest BCUT2D eigenvalue weighted by Crippen LogP contribution is -2.35. The lowest BCUT2D eigenvalue weighted by atomic mass is 9.96. The van der Waals surface area contributed by atoms with Crippen molar-refractivity contribution < 1.29 is 19.8 Å². The van der Waals surface area contributed by atoms with Gasteiger partial charge in [0.15, 0.2) is 0 Å². The fourth-order valence-electron chi connectivity index (χ4n) is 3.10. The minimum Gasteiger partial charge on any atom is -0.507 e. The molecular formula is C20H20N2O4. The summed E-state index contributed by atoms with van der Waals surface area (Å²) in [6.07, 6.45) is 2.32. The van der Waals surface area contributed by atoms with Gasteiger partial charge in [0.25, 0.3) is 11.7 Å². The molecule has 0 unspecified atom stereocenters. The number of hydrogen-bond donors (Lipinski definition) is 2. The number of Topliss-reactive ketones (excluding diaryl/α,β-unsaturated/α-hetero) is 1. The Kier molecular flexibility index (Phi) is 4.86. The lowest BCUT2D eigenvalue weighted by molar-refractivity contribution is -0.140. The van der Waals surface area contributed by atoms with Crippen molar-refractivity contribution in [2.75, 3.05) is 6.54 Å². The van der Waals surface area contributed by atoms with Gasteiger partial charge < -0.3 is 15.1 Å². The van der Waals surface area contributed by atoms with Crippen LogP contribution in [0, 0.1) is 6.92 Å². The Morgan fingerprint density at radius 2 is 1.92 bits per heavy atom. The van der Waals surface area contributed by atoms with E-state index in [-0.39, 0.29) is 17.9 Å². The molecule has 2 heterocycles. The summed E-state index contributed by atoms with van der Waals surface area (Å²) in [5.41, 5.74) is 2.08. The number of nitrogens with zero attached hydrogens (tertiary/aromatic N) is 2. The summed E-state index contributed by atoms with van der Waals surface area (Å²) in [5, 5.41) is 20.5. The van der Waals surface area contributed by atoms with Crippen molar-refractivity contribution >= 4 is 17.4 Å². The molecule has 0 aliphatic carbocycles. The van der Waals surface area contributed by atoms with Crippen molar-refractivity contribution in [3.8, 4) is 0 Å². The zero-order valence-corrected chi connectivity index (χ0v) is 14.6. The maximum Gasteiger partial charge on any atom is 0.295 e. The second kappa shape index (κ2) is 7.09. The molecule has 1 fully saturated rings. The molecular weight excluding hydrogens is 332 g/mol. The SMILES string of the molecule is Cc1ccc(C(O)=C2C(=O)C(=O)N(C[C@@H](C)O)[C@H]2c2cccnc2)cc1. The summed E-state index contributed by atoms with van der Waals surface area (Å²) in [5.74, 6) is -1.74. The summed E-state index contributed by atoms with van der Waals surface area (Å²) in [7, 11) is 0. The predicted octanol–water partition coefficient (Wildman–Crippen LogP) is 2.19. The summed E-state index contributed by atoms with van der Waals surface area (Å²) >= 11 is 0. The van der Waals surface area contributed by atoms with E-state index >= 15 is 0 Å². The van der Waals surface area contributed by atoms with Gasteiger partial charge in [0.05, 0.1) is 17.7 Å². The minimum atomic E-state index is -0.813. The van der Waals surface area contributed by atoms with Crippen LogP contribution in [-0.4, -0.2) is 44.4 Å². The summed E-state index contributed by atoms with van der Waals surface area (Å²) < 4.78 is 0. The maximum absolute atomic E-state index is 12.7. The first-order chi connectivity index (χ1) is 12.4. The van der Waals surface area contributed by atoms with Gasteiger partial charge in [-0.05, 0) is 25.5 Å². The van der Waals surface area contributed by atoms with Crippen LogP contribution >= 0.6 is 0 Å². The second-order valence-corrected chi connectivity index (χ2v) is 6.45. The van der Waals surface area contributed by atoms with Gasteiger partial charge in [-0.2, -0.15) is 0 Å². The monoisotopic (exact) mass is 352 g/mol. The number of aromatic nitrogens is 1. The van der Waals surface area contributed by atoms with Crippen molar-refractivity contribution in [1.29, 1.82) is 0 Å². The van der Waals surface area contributed by atoms with E-state index in [9.17, 15) is 19.8 Å². The highest BCUT2D eigenvalue weighted by atomic mass is 16.3. The number of aryl methyl sites for hydroxylation is 1. The van der Waals surface area contributed by atoms with E-state index < -0.39 is 23.8 Å². The number of aliphatic hydroxyl groups excluding tert-OH is 2. The highest BCUT2D eigenvalue weighted by Gasteiger charge is 2.46. The smallest absolute Gasteiger partial charge is 0.295 e. The molecule has 0 bridgehead atoms. The number of amides is 1. The average Bonchev–Trinajstić information content (AvgIpc) is 2.87. The molecule has 2 aromatic rings. The van der Waals surface area contributed by atoms with Gasteiger partial charge in [-0.3, -0.25) is 14.6 Å². The topological polar surface area (TPSA) is 90.7 Å². The number of pyridine rings is 1. The van der Waals surface area contributed by atoms with Gasteiger partial charge in [0.1, 0.15) is 5.76 Å². The third-order valence-corrected chi connectivity index (χ3v) is 4.33. The van der Waals surface area contributed by atoms with E-state index in [1.54, 1.807) is 43.6 Å². The van der Waals surface area contributed by atoms with Gasteiger partial charge in [0.2, 0.25) is 0 Å². The summed E-state index contributed by atoms with van der Waals surface area (Å²) in [4.78, 5) is 30.5. The van der Waals surface area contributed by atoms with E-state index in [4.69, 9.17) is 0 Å². The molecule has 26 heavy (non-hydrogen) atoms. The van der Waals surface area contributed by atoms with Crippen LogP contribution in [0.25, 0.3) is 5.76 Å². The molecule has 6 heteroatoms. The predicted molar refractivity (Wildman–Crippen MR) is 96.1 cm³/mol. The van der Waals surface area contributed by atoms with E-state index in [1.165, 1.54) is 4.90 Å². The van der Waals surface area contributed by atoms with Crippen LogP contribution < -0.4 is 0 Å². The third kappa shape index (κ3) is 3.23. The molecule has 6 nitrogen and oxygen atoms in total. The van der Waals surface area contributed by atoms with Crippen LogP contribution in [0.5, 0.6) is 0 Å². The molecule has 1 amide bonds. The lowest BCUT2D eigenvalue weighted by Gasteiger charge is -2.26. The fourth-order valence-corrected chi connectivity index (χ4v) is 3.10. The molecule has 1 aromatic heterocycles. The van der Waals surface area contributed by atoms with Crippen LogP contribution in [0.4, 0.5) is 0 Å². The molecule has 1 aromatic carbocycles. The van der Waals surface area contributed by atoms with Gasteiger partial charge in [-0.15, -0.1) is 0 Å². The molecule has 0 radical (unpaired) electrons. The zero-order valence-electron chi connectivity index (χ0n) is 14.6. The molecule has 134 valence electrons. The number of hydrogen-bond acceptors (Lipinski definition) is 5. The first-order valence-corrected chi connectivity index (χ1v) is 8.33.